The van der Waals surface area contributed by atoms with Crippen molar-refractivity contribution >= 4 is 27.3 Å². The molecule has 2 rings (SSSR count). The molecular formula is C18H27N5O2S2. The molecule has 0 saturated heterocycles. The summed E-state index contributed by atoms with van der Waals surface area (Å²) in [6.07, 6.45) is 2.75. The summed E-state index contributed by atoms with van der Waals surface area (Å²) in [6.45, 7) is 6.14. The molecule has 27 heavy (non-hydrogen) atoms. The number of nitrogens with one attached hydrogen (secondary N) is 3. The summed E-state index contributed by atoms with van der Waals surface area (Å²) in [4.78, 5) is 10.2. The van der Waals surface area contributed by atoms with Crippen molar-refractivity contribution in [3.8, 4) is 0 Å². The molecule has 0 aliphatic rings. The summed E-state index contributed by atoms with van der Waals surface area (Å²) in [6, 6.07) is 7.47. The van der Waals surface area contributed by atoms with E-state index < -0.39 is 10.0 Å². The highest BCUT2D eigenvalue weighted by Gasteiger charge is 2.08. The average molecular weight is 410 g/mol. The van der Waals surface area contributed by atoms with E-state index >= 15 is 0 Å². The predicted octanol–water partition coefficient (Wildman–Crippen LogP) is 1.80. The molecule has 2 aromatic rings. The maximum atomic E-state index is 11.6. The highest BCUT2D eigenvalue weighted by atomic mass is 32.2. The lowest BCUT2D eigenvalue weighted by Crippen LogP contribution is -2.38. The van der Waals surface area contributed by atoms with Crippen molar-refractivity contribution < 1.29 is 8.42 Å². The number of aryl methyl sites for hydroxylation is 1. The molecule has 0 radical (unpaired) electrons. The number of rotatable bonds is 9. The minimum atomic E-state index is -3.25. The molecule has 1 aromatic carbocycles. The Balaban J connectivity index is 1.89. The van der Waals surface area contributed by atoms with Crippen LogP contribution in [-0.2, 0) is 28.7 Å². The van der Waals surface area contributed by atoms with Gasteiger partial charge in [0, 0.05) is 30.6 Å². The molecule has 0 atom stereocenters. The van der Waals surface area contributed by atoms with E-state index in [0.717, 1.165) is 41.6 Å². The molecule has 0 unspecified atom stereocenters. The number of hydrogen-bond acceptors (Lipinski definition) is 5. The van der Waals surface area contributed by atoms with E-state index in [1.807, 2.05) is 37.4 Å². The van der Waals surface area contributed by atoms with Crippen molar-refractivity contribution in [2.45, 2.75) is 32.6 Å². The van der Waals surface area contributed by atoms with Gasteiger partial charge >= 0.3 is 0 Å². The molecule has 0 aliphatic carbocycles. The number of aliphatic imine (C=N–C) groups is 1. The Bertz CT molecular complexity index is 845. The largest absolute Gasteiger partial charge is 0.357 e. The van der Waals surface area contributed by atoms with Gasteiger partial charge in [0.25, 0.3) is 0 Å². The third-order valence-corrected chi connectivity index (χ3v) is 6.06. The van der Waals surface area contributed by atoms with Gasteiger partial charge in [-0.15, -0.1) is 11.3 Å². The second-order valence-corrected chi connectivity index (χ2v) is 9.26. The van der Waals surface area contributed by atoms with E-state index in [4.69, 9.17) is 0 Å². The minimum absolute atomic E-state index is 0.0204. The van der Waals surface area contributed by atoms with Crippen LogP contribution < -0.4 is 15.4 Å². The SMILES string of the molecule is CCNC(=NCc1ccc(CS(=O)(=O)NC)cc1)NCCc1ncc(C)s1. The zero-order valence-electron chi connectivity index (χ0n) is 15.9. The highest BCUT2D eigenvalue weighted by Crippen LogP contribution is 2.11. The number of guanidine groups is 1. The number of nitrogens with zero attached hydrogens (tertiary/aromatic N) is 2. The summed E-state index contributed by atoms with van der Waals surface area (Å²) in [5, 5.41) is 7.66. The van der Waals surface area contributed by atoms with Gasteiger partial charge in [-0.2, -0.15) is 0 Å². The van der Waals surface area contributed by atoms with Crippen LogP contribution >= 0.6 is 11.3 Å². The first kappa shape index (κ1) is 21.3. The van der Waals surface area contributed by atoms with E-state index in [1.54, 1.807) is 11.3 Å². The van der Waals surface area contributed by atoms with Crippen molar-refractivity contribution in [2.75, 3.05) is 20.1 Å². The van der Waals surface area contributed by atoms with Crippen LogP contribution in [0.4, 0.5) is 0 Å². The van der Waals surface area contributed by atoms with Crippen LogP contribution in [0.1, 0.15) is 27.9 Å². The Kier molecular flexibility index (Phi) is 8.21. The third kappa shape index (κ3) is 7.66. The summed E-state index contributed by atoms with van der Waals surface area (Å²) in [7, 11) is -1.83. The molecule has 0 aliphatic heterocycles. The van der Waals surface area contributed by atoms with E-state index in [2.05, 4.69) is 32.3 Å². The molecular weight excluding hydrogens is 382 g/mol. The Labute approximate surface area is 165 Å². The second kappa shape index (κ2) is 10.4. The number of aromatic nitrogens is 1. The maximum Gasteiger partial charge on any atom is 0.215 e. The van der Waals surface area contributed by atoms with Crippen LogP contribution in [0.3, 0.4) is 0 Å². The predicted molar refractivity (Wildman–Crippen MR) is 111 cm³/mol. The van der Waals surface area contributed by atoms with E-state index in [0.29, 0.717) is 6.54 Å². The van der Waals surface area contributed by atoms with E-state index in [1.165, 1.54) is 11.9 Å². The first-order chi connectivity index (χ1) is 12.9. The van der Waals surface area contributed by atoms with Crippen molar-refractivity contribution in [2.24, 2.45) is 4.99 Å². The number of benzene rings is 1. The quantitative estimate of drug-likeness (QED) is 0.434. The zero-order chi connectivity index (χ0) is 19.7. The van der Waals surface area contributed by atoms with Crippen LogP contribution in [0.5, 0.6) is 0 Å². The lowest BCUT2D eigenvalue weighted by Gasteiger charge is -2.11. The monoisotopic (exact) mass is 409 g/mol. The lowest BCUT2D eigenvalue weighted by molar-refractivity contribution is 0.587. The van der Waals surface area contributed by atoms with Crippen molar-refractivity contribution in [1.29, 1.82) is 0 Å². The highest BCUT2D eigenvalue weighted by molar-refractivity contribution is 7.88. The summed E-state index contributed by atoms with van der Waals surface area (Å²) in [5.41, 5.74) is 1.77. The Morgan fingerprint density at radius 1 is 1.19 bits per heavy atom. The van der Waals surface area contributed by atoms with Gasteiger partial charge in [-0.3, -0.25) is 0 Å². The standard InChI is InChI=1S/C18H27N5O2S2/c1-4-20-18(21-10-9-17-22-11-14(2)26-17)23-12-15-5-7-16(8-6-15)13-27(24,25)19-3/h5-8,11,19H,4,9-10,12-13H2,1-3H3,(H2,20,21,23). The first-order valence-electron chi connectivity index (χ1n) is 8.84. The van der Waals surface area contributed by atoms with Gasteiger partial charge < -0.3 is 10.6 Å². The summed E-state index contributed by atoms with van der Waals surface area (Å²) in [5.74, 6) is 0.737. The minimum Gasteiger partial charge on any atom is -0.357 e. The van der Waals surface area contributed by atoms with Gasteiger partial charge in [0.05, 0.1) is 17.3 Å². The number of sulfonamides is 1. The van der Waals surface area contributed by atoms with E-state index in [-0.39, 0.29) is 5.75 Å². The molecule has 0 spiro atoms. The van der Waals surface area contributed by atoms with Crippen LogP contribution in [-0.4, -0.2) is 39.5 Å². The normalized spacial score (nSPS) is 12.2. The summed E-state index contributed by atoms with van der Waals surface area (Å²) >= 11 is 1.71. The van der Waals surface area contributed by atoms with Crippen LogP contribution in [0.2, 0.25) is 0 Å². The topological polar surface area (TPSA) is 95.5 Å². The van der Waals surface area contributed by atoms with Gasteiger partial charge in [-0.25, -0.2) is 23.1 Å². The molecule has 1 aromatic heterocycles. The maximum absolute atomic E-state index is 11.6. The first-order valence-corrected chi connectivity index (χ1v) is 11.3. The molecule has 1 heterocycles. The molecule has 7 nitrogen and oxygen atoms in total. The fraction of sp³-hybridized carbons (Fsp3) is 0.444. The fourth-order valence-electron chi connectivity index (χ4n) is 2.35. The van der Waals surface area contributed by atoms with Crippen LogP contribution in [0.15, 0.2) is 35.5 Å². The van der Waals surface area contributed by atoms with Gasteiger partial charge in [0.2, 0.25) is 10.0 Å². The third-order valence-electron chi connectivity index (χ3n) is 3.76. The summed E-state index contributed by atoms with van der Waals surface area (Å²) < 4.78 is 25.5. The van der Waals surface area contributed by atoms with Gasteiger partial charge in [0.15, 0.2) is 5.96 Å². The van der Waals surface area contributed by atoms with Gasteiger partial charge in [-0.1, -0.05) is 24.3 Å². The number of hydrogen-bond donors (Lipinski definition) is 3. The molecule has 9 heteroatoms. The molecule has 3 N–H and O–H groups in total. The Hall–Kier alpha value is -1.97. The fourth-order valence-corrected chi connectivity index (χ4v) is 3.91. The molecule has 0 fully saturated rings. The van der Waals surface area contributed by atoms with Crippen LogP contribution in [0.25, 0.3) is 0 Å². The molecule has 148 valence electrons. The second-order valence-electron chi connectivity index (χ2n) is 6.02. The lowest BCUT2D eigenvalue weighted by atomic mass is 10.1. The van der Waals surface area contributed by atoms with Crippen molar-refractivity contribution in [1.82, 2.24) is 20.3 Å². The zero-order valence-corrected chi connectivity index (χ0v) is 17.6. The average Bonchev–Trinajstić information content (AvgIpc) is 3.06. The Morgan fingerprint density at radius 2 is 1.89 bits per heavy atom. The van der Waals surface area contributed by atoms with Crippen LogP contribution in [0, 0.1) is 6.92 Å². The number of thiazole rings is 1. The van der Waals surface area contributed by atoms with E-state index in [9.17, 15) is 8.42 Å². The molecule has 0 saturated carbocycles. The molecule has 0 bridgehead atoms. The van der Waals surface area contributed by atoms with Gasteiger partial charge in [0.1, 0.15) is 0 Å². The Morgan fingerprint density at radius 3 is 2.48 bits per heavy atom. The smallest absolute Gasteiger partial charge is 0.215 e. The van der Waals surface area contributed by atoms with Gasteiger partial charge in [-0.05, 0) is 32.0 Å². The molecule has 0 amide bonds. The van der Waals surface area contributed by atoms with Crippen molar-refractivity contribution in [3.63, 3.8) is 0 Å². The van der Waals surface area contributed by atoms with Crippen molar-refractivity contribution in [3.05, 3.63) is 51.5 Å².